The molecule has 0 spiro atoms. The van der Waals surface area contributed by atoms with Crippen LogP contribution >= 0.6 is 11.6 Å². The van der Waals surface area contributed by atoms with Gasteiger partial charge in [0.2, 0.25) is 11.8 Å². The third-order valence-corrected chi connectivity index (χ3v) is 10.5. The van der Waals surface area contributed by atoms with Crippen molar-refractivity contribution in [2.75, 3.05) is 63.9 Å². The first-order chi connectivity index (χ1) is 33.5. The molecule has 6 aromatic rings. The maximum absolute atomic E-state index is 14.0. The Balaban J connectivity index is 0.744. The fourth-order valence-corrected chi connectivity index (χ4v) is 7.08. The number of hydrogen-bond donors (Lipinski definition) is 5. The van der Waals surface area contributed by atoms with E-state index in [0.717, 1.165) is 10.2 Å². The molecule has 69 heavy (non-hydrogen) atoms. The first-order valence-electron chi connectivity index (χ1n) is 21.6. The van der Waals surface area contributed by atoms with E-state index in [4.69, 9.17) is 30.5 Å². The number of aromatic nitrogens is 4. The smallest absolute Gasteiger partial charge is 0.493 e. The van der Waals surface area contributed by atoms with Crippen LogP contribution in [0.1, 0.15) is 29.1 Å². The predicted molar refractivity (Wildman–Crippen MR) is 259 cm³/mol. The number of aliphatic imine (C=N–C) groups is 1. The summed E-state index contributed by atoms with van der Waals surface area (Å²) in [7, 11) is -1.33. The van der Waals surface area contributed by atoms with Crippen molar-refractivity contribution in [2.45, 2.75) is 12.8 Å². The second kappa shape index (κ2) is 24.4. The number of anilines is 3. The number of methoxy groups -OCH3 is 1. The topological polar surface area (TPSA) is 195 Å². The average Bonchev–Trinajstić information content (AvgIpc) is 4.14. The van der Waals surface area contributed by atoms with Gasteiger partial charge < -0.3 is 49.7 Å². The number of benzene rings is 3. The molecule has 3 aromatic heterocycles. The first kappa shape index (κ1) is 49.2. The van der Waals surface area contributed by atoms with Crippen molar-refractivity contribution >= 4 is 82.7 Å². The van der Waals surface area contributed by atoms with E-state index in [9.17, 15) is 27.4 Å². The number of aryl methyl sites for hydroxylation is 1. The lowest BCUT2D eigenvalue weighted by Crippen LogP contribution is -2.32. The fraction of sp³-hybridized carbons (Fsp3) is 0.208. The van der Waals surface area contributed by atoms with Gasteiger partial charge in [0.15, 0.2) is 18.1 Å². The molecular formula is C48H46BClF3N9O7. The van der Waals surface area contributed by atoms with Crippen LogP contribution in [-0.2, 0) is 30.3 Å². The lowest BCUT2D eigenvalue weighted by atomic mass is 10.1. The van der Waals surface area contributed by atoms with Crippen LogP contribution in [0.3, 0.4) is 0 Å². The third-order valence-electron chi connectivity index (χ3n) is 10.2. The number of H-pyrrole nitrogens is 1. The number of ether oxygens (including phenoxy) is 4. The molecule has 0 radical (unpaired) electrons. The number of amides is 3. The maximum atomic E-state index is 14.0. The van der Waals surface area contributed by atoms with E-state index in [1.165, 1.54) is 37.7 Å². The Morgan fingerprint density at radius 1 is 0.870 bits per heavy atom. The van der Waals surface area contributed by atoms with Crippen LogP contribution in [0.5, 0.6) is 11.5 Å². The normalized spacial score (nSPS) is 12.7. The highest BCUT2D eigenvalue weighted by atomic mass is 35.5. The molecule has 4 heterocycles. The molecule has 0 atom stereocenters. The molecule has 0 aliphatic carbocycles. The third kappa shape index (κ3) is 14.2. The number of halogens is 4. The van der Waals surface area contributed by atoms with Crippen molar-refractivity contribution < 1.29 is 46.4 Å². The van der Waals surface area contributed by atoms with Gasteiger partial charge in [-0.1, -0.05) is 17.7 Å². The highest BCUT2D eigenvalue weighted by molar-refractivity contribution is 6.41. The average molecular weight is 964 g/mol. The summed E-state index contributed by atoms with van der Waals surface area (Å²) in [6.07, 6.45) is 11.4. The number of aromatic amines is 1. The van der Waals surface area contributed by atoms with Gasteiger partial charge in [-0.05, 0) is 109 Å². The zero-order valence-corrected chi connectivity index (χ0v) is 37.9. The zero-order valence-electron chi connectivity index (χ0n) is 37.1. The van der Waals surface area contributed by atoms with E-state index in [2.05, 4.69) is 41.2 Å². The van der Waals surface area contributed by atoms with Crippen LogP contribution in [0.2, 0.25) is 5.02 Å². The maximum Gasteiger partial charge on any atom is 0.677 e. The van der Waals surface area contributed by atoms with Gasteiger partial charge in [-0.2, -0.15) is 0 Å². The van der Waals surface area contributed by atoms with Crippen molar-refractivity contribution in [3.8, 4) is 11.5 Å². The summed E-state index contributed by atoms with van der Waals surface area (Å²) < 4.78 is 64.8. The molecule has 1 aliphatic heterocycles. The monoisotopic (exact) mass is 963 g/mol. The predicted octanol–water partition coefficient (Wildman–Crippen LogP) is 7.41. The van der Waals surface area contributed by atoms with Crippen LogP contribution in [0.25, 0.3) is 23.1 Å². The Morgan fingerprint density at radius 3 is 2.42 bits per heavy atom. The summed E-state index contributed by atoms with van der Waals surface area (Å²) in [5, 5.41) is 11.9. The first-order valence-corrected chi connectivity index (χ1v) is 22.0. The van der Waals surface area contributed by atoms with Gasteiger partial charge in [0, 0.05) is 59.9 Å². The van der Waals surface area contributed by atoms with E-state index in [0.29, 0.717) is 68.0 Å². The van der Waals surface area contributed by atoms with Gasteiger partial charge in [-0.15, -0.1) is 0 Å². The SMILES string of the molecule is COc1cc(/C=C/C(=O)Nc2ccc3ncnc(Nc4ccc(F)c(Cl)c4)c3c2)ccc1OCC(=O)NCCOCCOCCNC(=O)CCc1ccc(/C=C2/C=CC(c3ccc[nH]3)=N2)n1B(F)F. The second-order valence-corrected chi connectivity index (χ2v) is 15.4. The van der Waals surface area contributed by atoms with Gasteiger partial charge >= 0.3 is 7.40 Å². The molecule has 0 unspecified atom stereocenters. The van der Waals surface area contributed by atoms with Gasteiger partial charge in [-0.3, -0.25) is 23.0 Å². The summed E-state index contributed by atoms with van der Waals surface area (Å²) in [6.45, 7) is 1.14. The number of hydrogen-bond acceptors (Lipinski definition) is 11. The molecule has 1 aliphatic rings. The van der Waals surface area contributed by atoms with Crippen LogP contribution in [0, 0.1) is 5.82 Å². The minimum absolute atomic E-state index is 0.0223. The molecule has 0 bridgehead atoms. The van der Waals surface area contributed by atoms with Gasteiger partial charge in [0.25, 0.3) is 5.91 Å². The number of carbonyl (C=O) groups is 3. The second-order valence-electron chi connectivity index (χ2n) is 15.0. The molecule has 5 N–H and O–H groups in total. The zero-order chi connectivity index (χ0) is 48.5. The van der Waals surface area contributed by atoms with Crippen LogP contribution in [-0.4, -0.2) is 103 Å². The van der Waals surface area contributed by atoms with E-state index in [1.807, 2.05) is 18.2 Å². The molecule has 3 amide bonds. The molecule has 7 rings (SSSR count). The largest absolute Gasteiger partial charge is 0.677 e. The Hall–Kier alpha value is -7.68. The van der Waals surface area contributed by atoms with Gasteiger partial charge in [0.1, 0.15) is 18.0 Å². The summed E-state index contributed by atoms with van der Waals surface area (Å²) in [4.78, 5) is 53.9. The van der Waals surface area contributed by atoms with Gasteiger partial charge in [-0.25, -0.2) is 19.4 Å². The number of rotatable bonds is 24. The lowest BCUT2D eigenvalue weighted by Gasteiger charge is -2.12. The number of allylic oxidation sites excluding steroid dienone is 2. The highest BCUT2D eigenvalue weighted by Gasteiger charge is 2.24. The van der Waals surface area contributed by atoms with Crippen molar-refractivity contribution in [2.24, 2.45) is 4.99 Å². The Labute approximate surface area is 399 Å². The minimum Gasteiger partial charge on any atom is -0.493 e. The number of nitrogens with one attached hydrogen (secondary N) is 5. The fourth-order valence-electron chi connectivity index (χ4n) is 6.90. The van der Waals surface area contributed by atoms with E-state index >= 15 is 0 Å². The molecule has 356 valence electrons. The van der Waals surface area contributed by atoms with E-state index < -0.39 is 19.1 Å². The molecular weight excluding hydrogens is 918 g/mol. The van der Waals surface area contributed by atoms with Crippen molar-refractivity contribution in [3.63, 3.8) is 0 Å². The highest BCUT2D eigenvalue weighted by Crippen LogP contribution is 2.30. The minimum atomic E-state index is -2.79. The van der Waals surface area contributed by atoms with Crippen molar-refractivity contribution in [1.82, 2.24) is 30.1 Å². The van der Waals surface area contributed by atoms with Crippen LogP contribution in [0.4, 0.5) is 30.2 Å². The quantitative estimate of drug-likeness (QED) is 0.0232. The van der Waals surface area contributed by atoms with Gasteiger partial charge in [0.05, 0.1) is 61.2 Å². The summed E-state index contributed by atoms with van der Waals surface area (Å²) in [5.41, 5.74) is 4.97. The summed E-state index contributed by atoms with van der Waals surface area (Å²) in [6, 6.07) is 21.3. The Bertz CT molecular complexity index is 2890. The Morgan fingerprint density at radius 2 is 1.67 bits per heavy atom. The van der Waals surface area contributed by atoms with E-state index in [-0.39, 0.29) is 75.8 Å². The number of carbonyl (C=O) groups excluding carboxylic acids is 3. The van der Waals surface area contributed by atoms with Crippen molar-refractivity contribution in [3.05, 3.63) is 149 Å². The Kier molecular flexibility index (Phi) is 17.4. The molecule has 3 aromatic carbocycles. The molecule has 16 nitrogen and oxygen atoms in total. The van der Waals surface area contributed by atoms with Crippen LogP contribution in [0.15, 0.2) is 120 Å². The van der Waals surface area contributed by atoms with Crippen LogP contribution < -0.4 is 30.7 Å². The molecule has 0 saturated heterocycles. The molecule has 0 saturated carbocycles. The summed E-state index contributed by atoms with van der Waals surface area (Å²) in [5.74, 6) is -0.509. The van der Waals surface area contributed by atoms with Crippen molar-refractivity contribution in [1.29, 1.82) is 0 Å². The molecule has 21 heteroatoms. The number of nitrogens with zero attached hydrogens (tertiary/aromatic N) is 4. The standard InChI is InChI=1S/C48H46BClF3N9O7/c1-66-44-25-31(5-16-46(64)60-33-7-13-40-37(27-33)48(58-30-57-40)61-34-6-12-39(51)38(50)28-34)4-15-43(44)69-29-47(65)56-20-22-68-24-23-67-21-19-55-45(63)17-11-35-9-10-36(62(35)49(52)53)26-32-8-14-42(59-32)41-3-2-18-54-41/h2-10,12-16,18,25-28,30,54H,11,17,19-24,29H2,1H3,(H,55,63)(H,56,65)(H,60,64)(H,57,58,61)/b16-5+,32-26-. The molecule has 0 fully saturated rings. The lowest BCUT2D eigenvalue weighted by molar-refractivity contribution is -0.123. The summed E-state index contributed by atoms with van der Waals surface area (Å²) >= 11 is 5.93. The van der Waals surface area contributed by atoms with E-state index in [1.54, 1.807) is 73.0 Å². The number of fused-ring (bicyclic) bond motifs is 1.